The van der Waals surface area contributed by atoms with Crippen LogP contribution in [0, 0.1) is 5.92 Å². The number of benzene rings is 1. The lowest BCUT2D eigenvalue weighted by molar-refractivity contribution is -0.147. The van der Waals surface area contributed by atoms with Crippen molar-refractivity contribution in [2.24, 2.45) is 5.92 Å². The first-order valence-corrected chi connectivity index (χ1v) is 10.6. The van der Waals surface area contributed by atoms with Crippen LogP contribution in [0.4, 0.5) is 5.13 Å². The van der Waals surface area contributed by atoms with Crippen LogP contribution < -0.4 is 20.1 Å². The summed E-state index contributed by atoms with van der Waals surface area (Å²) in [5.41, 5.74) is 1.33. The highest BCUT2D eigenvalue weighted by atomic mass is 32.1. The SMILES string of the molecule is COc1ccc(OC)c(-c2csc(NC(=O)COC(=O)CNC(=O)CCC(C)C)n2)c1. The van der Waals surface area contributed by atoms with E-state index in [1.165, 1.54) is 11.3 Å². The zero-order valence-corrected chi connectivity index (χ0v) is 18.8. The van der Waals surface area contributed by atoms with Gasteiger partial charge in [-0.3, -0.25) is 19.7 Å². The number of carbonyl (C=O) groups excluding carboxylic acids is 3. The third-order valence-electron chi connectivity index (χ3n) is 4.18. The highest BCUT2D eigenvalue weighted by Crippen LogP contribution is 2.34. The van der Waals surface area contributed by atoms with Gasteiger partial charge < -0.3 is 19.5 Å². The number of hydrogen-bond donors (Lipinski definition) is 2. The van der Waals surface area contributed by atoms with Gasteiger partial charge in [0.05, 0.1) is 19.9 Å². The summed E-state index contributed by atoms with van der Waals surface area (Å²) >= 11 is 1.22. The van der Waals surface area contributed by atoms with Gasteiger partial charge >= 0.3 is 5.97 Å². The molecule has 31 heavy (non-hydrogen) atoms. The average molecular weight is 450 g/mol. The van der Waals surface area contributed by atoms with Crippen molar-refractivity contribution in [1.82, 2.24) is 10.3 Å². The van der Waals surface area contributed by atoms with Gasteiger partial charge in [0.1, 0.15) is 18.0 Å². The predicted molar refractivity (Wildman–Crippen MR) is 117 cm³/mol. The van der Waals surface area contributed by atoms with Gasteiger partial charge in [-0.25, -0.2) is 4.98 Å². The van der Waals surface area contributed by atoms with E-state index in [0.717, 1.165) is 12.0 Å². The fraction of sp³-hybridized carbons (Fsp3) is 0.429. The Balaban J connectivity index is 1.83. The zero-order valence-electron chi connectivity index (χ0n) is 18.0. The molecule has 10 heteroatoms. The summed E-state index contributed by atoms with van der Waals surface area (Å²) in [7, 11) is 3.12. The molecule has 1 heterocycles. The van der Waals surface area contributed by atoms with Crippen molar-refractivity contribution < 1.29 is 28.6 Å². The summed E-state index contributed by atoms with van der Waals surface area (Å²) < 4.78 is 15.5. The lowest BCUT2D eigenvalue weighted by Gasteiger charge is -2.08. The van der Waals surface area contributed by atoms with Crippen molar-refractivity contribution >= 4 is 34.3 Å². The molecule has 0 aliphatic rings. The van der Waals surface area contributed by atoms with Gasteiger partial charge in [-0.1, -0.05) is 13.8 Å². The molecule has 1 aromatic carbocycles. The quantitative estimate of drug-likeness (QED) is 0.507. The first-order valence-electron chi connectivity index (χ1n) is 9.72. The molecule has 168 valence electrons. The van der Waals surface area contributed by atoms with E-state index in [9.17, 15) is 14.4 Å². The summed E-state index contributed by atoms with van der Waals surface area (Å²) in [6.45, 7) is 3.27. The second-order valence-electron chi connectivity index (χ2n) is 7.02. The maximum Gasteiger partial charge on any atom is 0.325 e. The molecule has 0 spiro atoms. The number of anilines is 1. The molecule has 2 amide bonds. The highest BCUT2D eigenvalue weighted by Gasteiger charge is 2.14. The molecule has 1 aromatic heterocycles. The van der Waals surface area contributed by atoms with Crippen LogP contribution in [0.25, 0.3) is 11.3 Å². The molecular formula is C21H27N3O6S. The molecule has 0 radical (unpaired) electrons. The van der Waals surface area contributed by atoms with Crippen molar-refractivity contribution in [3.8, 4) is 22.8 Å². The molecule has 0 bridgehead atoms. The van der Waals surface area contributed by atoms with Crippen LogP contribution in [0.3, 0.4) is 0 Å². The van der Waals surface area contributed by atoms with Crippen LogP contribution in [0.5, 0.6) is 11.5 Å². The molecular weight excluding hydrogens is 422 g/mol. The van der Waals surface area contributed by atoms with Crippen molar-refractivity contribution in [2.45, 2.75) is 26.7 Å². The summed E-state index contributed by atoms with van der Waals surface area (Å²) in [5, 5.41) is 7.18. The topological polar surface area (TPSA) is 116 Å². The van der Waals surface area contributed by atoms with E-state index in [0.29, 0.717) is 34.7 Å². The fourth-order valence-corrected chi connectivity index (χ4v) is 3.23. The van der Waals surface area contributed by atoms with E-state index in [1.54, 1.807) is 37.8 Å². The molecule has 0 unspecified atom stereocenters. The standard InChI is InChI=1S/C21H27N3O6S/c1-13(2)5-8-18(25)22-10-20(27)30-11-19(26)24-21-23-16(12-31-21)15-9-14(28-3)6-7-17(15)29-4/h6-7,9,12-13H,5,8,10-11H2,1-4H3,(H,22,25)(H,23,24,26). The summed E-state index contributed by atoms with van der Waals surface area (Å²) in [5.74, 6) is 0.231. The first kappa shape index (κ1) is 24.1. The fourth-order valence-electron chi connectivity index (χ4n) is 2.50. The largest absolute Gasteiger partial charge is 0.497 e. The average Bonchev–Trinajstić information content (AvgIpc) is 3.22. The van der Waals surface area contributed by atoms with Gasteiger partial charge in [0, 0.05) is 17.4 Å². The maximum atomic E-state index is 12.0. The Bertz CT molecular complexity index is 912. The van der Waals surface area contributed by atoms with Gasteiger partial charge in [-0.15, -0.1) is 11.3 Å². The van der Waals surface area contributed by atoms with E-state index in [1.807, 2.05) is 13.8 Å². The van der Waals surface area contributed by atoms with E-state index >= 15 is 0 Å². The molecule has 0 atom stereocenters. The zero-order chi connectivity index (χ0) is 22.8. The van der Waals surface area contributed by atoms with Crippen LogP contribution in [0.2, 0.25) is 0 Å². The van der Waals surface area contributed by atoms with Crippen LogP contribution >= 0.6 is 11.3 Å². The Kier molecular flexibility index (Phi) is 9.26. The third kappa shape index (κ3) is 7.89. The molecule has 0 aliphatic heterocycles. The Morgan fingerprint density at radius 2 is 1.90 bits per heavy atom. The lowest BCUT2D eigenvalue weighted by Crippen LogP contribution is -2.32. The van der Waals surface area contributed by atoms with Gasteiger partial charge in [-0.2, -0.15) is 0 Å². The Morgan fingerprint density at radius 3 is 2.58 bits per heavy atom. The highest BCUT2D eigenvalue weighted by molar-refractivity contribution is 7.14. The summed E-state index contributed by atoms with van der Waals surface area (Å²) in [6, 6.07) is 5.34. The number of esters is 1. The normalized spacial score (nSPS) is 10.5. The lowest BCUT2D eigenvalue weighted by atomic mass is 10.1. The van der Waals surface area contributed by atoms with E-state index < -0.39 is 18.5 Å². The van der Waals surface area contributed by atoms with Gasteiger partial charge in [0.15, 0.2) is 11.7 Å². The number of rotatable bonds is 11. The number of thiazole rings is 1. The van der Waals surface area contributed by atoms with Crippen LogP contribution in [0.15, 0.2) is 23.6 Å². The van der Waals surface area contributed by atoms with Gasteiger partial charge in [-0.05, 0) is 30.5 Å². The van der Waals surface area contributed by atoms with E-state index in [-0.39, 0.29) is 12.5 Å². The molecule has 2 aromatic rings. The van der Waals surface area contributed by atoms with E-state index in [2.05, 4.69) is 15.6 Å². The molecule has 2 rings (SSSR count). The maximum absolute atomic E-state index is 12.0. The minimum absolute atomic E-state index is 0.224. The Hall–Kier alpha value is -3.14. The molecule has 0 saturated heterocycles. The van der Waals surface area contributed by atoms with Crippen LogP contribution in [-0.2, 0) is 19.1 Å². The Labute approximate surface area is 185 Å². The number of ether oxygens (including phenoxy) is 3. The van der Waals surface area contributed by atoms with Gasteiger partial charge in [0.2, 0.25) is 5.91 Å². The second-order valence-corrected chi connectivity index (χ2v) is 7.88. The molecule has 2 N–H and O–H groups in total. The second kappa shape index (κ2) is 11.9. The number of nitrogens with zero attached hydrogens (tertiary/aromatic N) is 1. The van der Waals surface area contributed by atoms with Gasteiger partial charge in [0.25, 0.3) is 5.91 Å². The third-order valence-corrected chi connectivity index (χ3v) is 4.93. The number of nitrogens with one attached hydrogen (secondary N) is 2. The number of hydrogen-bond acceptors (Lipinski definition) is 8. The van der Waals surface area contributed by atoms with Crippen molar-refractivity contribution in [2.75, 3.05) is 32.7 Å². The summed E-state index contributed by atoms with van der Waals surface area (Å²) in [4.78, 5) is 39.7. The Morgan fingerprint density at radius 1 is 1.13 bits per heavy atom. The number of amides is 2. The van der Waals surface area contributed by atoms with Crippen molar-refractivity contribution in [3.05, 3.63) is 23.6 Å². The monoisotopic (exact) mass is 449 g/mol. The predicted octanol–water partition coefficient (Wildman–Crippen LogP) is 2.86. The van der Waals surface area contributed by atoms with Crippen molar-refractivity contribution in [1.29, 1.82) is 0 Å². The van der Waals surface area contributed by atoms with Crippen molar-refractivity contribution in [3.63, 3.8) is 0 Å². The van der Waals surface area contributed by atoms with Crippen LogP contribution in [-0.4, -0.2) is 50.1 Å². The smallest absolute Gasteiger partial charge is 0.325 e. The van der Waals surface area contributed by atoms with E-state index in [4.69, 9.17) is 14.2 Å². The number of methoxy groups -OCH3 is 2. The number of carbonyl (C=O) groups is 3. The minimum atomic E-state index is -0.686. The van der Waals surface area contributed by atoms with Crippen LogP contribution in [0.1, 0.15) is 26.7 Å². The first-order chi connectivity index (χ1) is 14.8. The molecule has 0 saturated carbocycles. The number of aromatic nitrogens is 1. The molecule has 9 nitrogen and oxygen atoms in total. The molecule has 0 fully saturated rings. The summed E-state index contributed by atoms with van der Waals surface area (Å²) in [6.07, 6.45) is 1.08. The molecule has 0 aliphatic carbocycles. The minimum Gasteiger partial charge on any atom is -0.497 e.